The summed E-state index contributed by atoms with van der Waals surface area (Å²) in [6.07, 6.45) is 3.86. The lowest BCUT2D eigenvalue weighted by Crippen LogP contribution is -2.33. The van der Waals surface area contributed by atoms with Crippen molar-refractivity contribution in [1.82, 2.24) is 20.2 Å². The number of amides is 3. The highest BCUT2D eigenvalue weighted by atomic mass is 16.7. The first kappa shape index (κ1) is 20.0. The van der Waals surface area contributed by atoms with Gasteiger partial charge in [0.05, 0.1) is 31.6 Å². The lowest BCUT2D eigenvalue weighted by atomic mass is 10.1. The number of benzene rings is 1. The van der Waals surface area contributed by atoms with Crippen LogP contribution >= 0.6 is 0 Å². The van der Waals surface area contributed by atoms with Gasteiger partial charge < -0.3 is 14.5 Å². The van der Waals surface area contributed by atoms with E-state index >= 15 is 0 Å². The molecule has 2 aromatic rings. The summed E-state index contributed by atoms with van der Waals surface area (Å²) < 4.78 is 7.07. The van der Waals surface area contributed by atoms with E-state index in [0.29, 0.717) is 25.2 Å². The number of carbonyl (C=O) groups is 2. The largest absolute Gasteiger partial charge is 0.496 e. The smallest absolute Gasteiger partial charge is 0.331 e. The fraction of sp³-hybridized carbons (Fsp3) is 0.381. The Balaban J connectivity index is 1.43. The second kappa shape index (κ2) is 8.19. The summed E-state index contributed by atoms with van der Waals surface area (Å²) in [7, 11) is 1.62. The number of hydrogen-bond acceptors (Lipinski definition) is 6. The van der Waals surface area contributed by atoms with Gasteiger partial charge in [0.1, 0.15) is 18.1 Å². The van der Waals surface area contributed by atoms with Gasteiger partial charge in [-0.1, -0.05) is 18.2 Å². The summed E-state index contributed by atoms with van der Waals surface area (Å²) in [6, 6.07) is 7.43. The van der Waals surface area contributed by atoms with Gasteiger partial charge in [-0.3, -0.25) is 9.48 Å². The minimum Gasteiger partial charge on any atom is -0.496 e. The molecule has 1 aromatic heterocycles. The van der Waals surface area contributed by atoms with Crippen molar-refractivity contribution in [3.8, 4) is 5.75 Å². The van der Waals surface area contributed by atoms with Crippen LogP contribution in [0.4, 0.5) is 10.5 Å². The van der Waals surface area contributed by atoms with Crippen molar-refractivity contribution in [2.45, 2.75) is 32.9 Å². The molecule has 2 aliphatic rings. The fourth-order valence-electron chi connectivity index (χ4n) is 3.74. The lowest BCUT2D eigenvalue weighted by molar-refractivity contribution is -0.116. The van der Waals surface area contributed by atoms with Gasteiger partial charge in [0.25, 0.3) is 5.91 Å². The zero-order chi connectivity index (χ0) is 21.3. The highest BCUT2D eigenvalue weighted by molar-refractivity contribution is 6.19. The van der Waals surface area contributed by atoms with E-state index in [1.54, 1.807) is 29.1 Å². The number of rotatable bonds is 7. The number of aromatic nitrogens is 2. The summed E-state index contributed by atoms with van der Waals surface area (Å²) in [4.78, 5) is 33.5. The Kier molecular flexibility index (Phi) is 5.45. The number of carbonyl (C=O) groups excluding carboxylic acids is 2. The summed E-state index contributed by atoms with van der Waals surface area (Å²) in [5.41, 5.74) is 5.45. The molecule has 0 aliphatic carbocycles. The average Bonchev–Trinajstić information content (AvgIpc) is 3.40. The lowest BCUT2D eigenvalue weighted by Gasteiger charge is -2.16. The van der Waals surface area contributed by atoms with Crippen LogP contribution in [0.3, 0.4) is 0 Å². The maximum atomic E-state index is 12.9. The van der Waals surface area contributed by atoms with Crippen molar-refractivity contribution in [1.29, 1.82) is 0 Å². The standard InChI is InChI=1S/C21H25N5O4/c1-14-18(15(2)30-23-14)12-25-11-17(10-22-25)26-20(27)13-24(21(26)28)9-8-16-6-4-5-7-19(16)29-3/h4-7,10-11,14,23H,8-9,12-13H2,1-3H3. The number of hydroxylamine groups is 1. The molecule has 2 aliphatic heterocycles. The Morgan fingerprint density at radius 2 is 2.10 bits per heavy atom. The van der Waals surface area contributed by atoms with Crippen molar-refractivity contribution in [2.75, 3.05) is 25.1 Å². The van der Waals surface area contributed by atoms with Crippen molar-refractivity contribution in [3.63, 3.8) is 0 Å². The van der Waals surface area contributed by atoms with Crippen LogP contribution in [0, 0.1) is 0 Å². The molecule has 0 bridgehead atoms. The number of nitrogens with zero attached hydrogens (tertiary/aromatic N) is 4. The molecule has 30 heavy (non-hydrogen) atoms. The van der Waals surface area contributed by atoms with Gasteiger partial charge in [-0.05, 0) is 31.9 Å². The van der Waals surface area contributed by atoms with E-state index in [1.807, 2.05) is 38.1 Å². The van der Waals surface area contributed by atoms with Crippen LogP contribution in [0.15, 0.2) is 48.0 Å². The van der Waals surface area contributed by atoms with E-state index in [-0.39, 0.29) is 24.5 Å². The van der Waals surface area contributed by atoms with Crippen molar-refractivity contribution in [3.05, 3.63) is 53.6 Å². The zero-order valence-electron chi connectivity index (χ0n) is 17.3. The number of allylic oxidation sites excluding steroid dienone is 1. The number of urea groups is 1. The van der Waals surface area contributed by atoms with Crippen LogP contribution in [0.1, 0.15) is 19.4 Å². The van der Waals surface area contributed by atoms with Crippen molar-refractivity contribution in [2.24, 2.45) is 0 Å². The van der Waals surface area contributed by atoms with Crippen LogP contribution in [0.2, 0.25) is 0 Å². The quantitative estimate of drug-likeness (QED) is 0.702. The number of hydrogen-bond donors (Lipinski definition) is 1. The van der Waals surface area contributed by atoms with E-state index in [4.69, 9.17) is 9.57 Å². The minimum atomic E-state index is -0.330. The zero-order valence-corrected chi connectivity index (χ0v) is 17.3. The summed E-state index contributed by atoms with van der Waals surface area (Å²) in [6.45, 7) is 4.90. The average molecular weight is 411 g/mol. The highest BCUT2D eigenvalue weighted by Gasteiger charge is 2.37. The molecular formula is C21H25N5O4. The van der Waals surface area contributed by atoms with Crippen LogP contribution in [-0.4, -0.2) is 52.9 Å². The first-order valence-corrected chi connectivity index (χ1v) is 9.86. The second-order valence-electron chi connectivity index (χ2n) is 7.41. The predicted octanol–water partition coefficient (Wildman–Crippen LogP) is 2.10. The molecule has 1 saturated heterocycles. The van der Waals surface area contributed by atoms with Gasteiger partial charge in [0, 0.05) is 18.3 Å². The molecule has 158 valence electrons. The molecule has 1 N–H and O–H groups in total. The Bertz CT molecular complexity index is 999. The van der Waals surface area contributed by atoms with Crippen LogP contribution < -0.4 is 15.1 Å². The third-order valence-electron chi connectivity index (χ3n) is 5.45. The van der Waals surface area contributed by atoms with Gasteiger partial charge in [-0.15, -0.1) is 0 Å². The normalized spacial score (nSPS) is 19.1. The molecule has 1 atom stereocenters. The Morgan fingerprint density at radius 3 is 2.83 bits per heavy atom. The number of methoxy groups -OCH3 is 1. The van der Waals surface area contributed by atoms with Crippen LogP contribution in [0.25, 0.3) is 0 Å². The summed E-state index contributed by atoms with van der Waals surface area (Å²) in [5, 5.41) is 4.32. The fourth-order valence-corrected chi connectivity index (χ4v) is 3.74. The molecule has 0 saturated carbocycles. The monoisotopic (exact) mass is 411 g/mol. The van der Waals surface area contributed by atoms with Gasteiger partial charge in [0.15, 0.2) is 0 Å². The van der Waals surface area contributed by atoms with E-state index in [9.17, 15) is 9.59 Å². The van der Waals surface area contributed by atoms with Crippen molar-refractivity contribution < 1.29 is 19.2 Å². The Hall–Kier alpha value is -3.33. The van der Waals surface area contributed by atoms with Gasteiger partial charge >= 0.3 is 6.03 Å². The van der Waals surface area contributed by atoms with Gasteiger partial charge in [0.2, 0.25) is 0 Å². The number of para-hydroxylation sites is 1. The molecule has 0 radical (unpaired) electrons. The maximum absolute atomic E-state index is 12.9. The molecule has 3 heterocycles. The highest BCUT2D eigenvalue weighted by Crippen LogP contribution is 2.24. The molecule has 9 nitrogen and oxygen atoms in total. The van der Waals surface area contributed by atoms with E-state index < -0.39 is 0 Å². The van der Waals surface area contributed by atoms with Gasteiger partial charge in [-0.2, -0.15) is 10.6 Å². The molecule has 9 heteroatoms. The minimum absolute atomic E-state index is 0.0538. The summed E-state index contributed by atoms with van der Waals surface area (Å²) >= 11 is 0. The molecule has 4 rings (SSSR count). The Labute approximate surface area is 174 Å². The van der Waals surface area contributed by atoms with Crippen molar-refractivity contribution >= 4 is 17.6 Å². The topological polar surface area (TPSA) is 88.9 Å². The first-order valence-electron chi connectivity index (χ1n) is 9.86. The predicted molar refractivity (Wildman–Crippen MR) is 110 cm³/mol. The van der Waals surface area contributed by atoms with Crippen LogP contribution in [0.5, 0.6) is 5.75 Å². The molecule has 3 amide bonds. The second-order valence-corrected chi connectivity index (χ2v) is 7.41. The van der Waals surface area contributed by atoms with Crippen LogP contribution in [-0.2, 0) is 22.6 Å². The molecular weight excluding hydrogens is 386 g/mol. The third kappa shape index (κ3) is 3.76. The molecule has 0 spiro atoms. The molecule has 1 aromatic carbocycles. The summed E-state index contributed by atoms with van der Waals surface area (Å²) in [5.74, 6) is 1.34. The van der Waals surface area contributed by atoms with E-state index in [0.717, 1.165) is 22.6 Å². The van der Waals surface area contributed by atoms with Gasteiger partial charge in [-0.25, -0.2) is 9.69 Å². The third-order valence-corrected chi connectivity index (χ3v) is 5.45. The van der Waals surface area contributed by atoms with E-state index in [1.165, 1.54) is 4.90 Å². The number of ether oxygens (including phenoxy) is 1. The SMILES string of the molecule is COc1ccccc1CCN1CC(=O)N(c2cnn(CC3=C(C)ONC3C)c2)C1=O. The Morgan fingerprint density at radius 1 is 1.30 bits per heavy atom. The number of nitrogens with one attached hydrogen (secondary N) is 1. The van der Waals surface area contributed by atoms with E-state index in [2.05, 4.69) is 10.6 Å². The maximum Gasteiger partial charge on any atom is 0.331 e. The number of anilines is 1. The molecule has 1 unspecified atom stereocenters. The number of imide groups is 1. The molecule has 1 fully saturated rings. The first-order chi connectivity index (χ1) is 14.5.